The highest BCUT2D eigenvalue weighted by atomic mass is 16.5. The third kappa shape index (κ3) is 3.28. The van der Waals surface area contributed by atoms with E-state index in [9.17, 15) is 4.79 Å². The highest BCUT2D eigenvalue weighted by Crippen LogP contribution is 2.29. The first-order valence-corrected chi connectivity index (χ1v) is 6.97. The van der Waals surface area contributed by atoms with Crippen LogP contribution in [0.15, 0.2) is 18.2 Å². The molecule has 6 heteroatoms. The number of carbonyl (C=O) groups is 1. The molecule has 1 amide bonds. The molecule has 21 heavy (non-hydrogen) atoms. The van der Waals surface area contributed by atoms with Crippen LogP contribution in [0.5, 0.6) is 11.5 Å². The van der Waals surface area contributed by atoms with Gasteiger partial charge in [-0.3, -0.25) is 4.79 Å². The summed E-state index contributed by atoms with van der Waals surface area (Å²) in [5, 5.41) is 3.04. The minimum atomic E-state index is -0.429. The van der Waals surface area contributed by atoms with Crippen LogP contribution in [0.3, 0.4) is 0 Å². The molecule has 1 heterocycles. The van der Waals surface area contributed by atoms with E-state index < -0.39 is 5.54 Å². The molecule has 0 aromatic heterocycles. The van der Waals surface area contributed by atoms with Crippen molar-refractivity contribution >= 4 is 5.91 Å². The number of amides is 1. The summed E-state index contributed by atoms with van der Waals surface area (Å²) in [6.07, 6.45) is 1.40. The van der Waals surface area contributed by atoms with Crippen molar-refractivity contribution in [3.8, 4) is 11.5 Å². The Kier molecular flexibility index (Phi) is 5.03. The Hall–Kier alpha value is -1.79. The summed E-state index contributed by atoms with van der Waals surface area (Å²) < 4.78 is 15.9. The lowest BCUT2D eigenvalue weighted by atomic mass is 9.89. The molecule has 0 spiro atoms. The van der Waals surface area contributed by atoms with Gasteiger partial charge in [0.05, 0.1) is 19.8 Å². The molecule has 0 bridgehead atoms. The molecule has 1 aromatic carbocycles. The number of benzene rings is 1. The van der Waals surface area contributed by atoms with E-state index in [0.29, 0.717) is 49.7 Å². The normalized spacial score (nSPS) is 17.1. The molecule has 0 atom stereocenters. The standard InChI is InChI=1S/C15H22N2O4/c1-19-11-4-3-5-12(20-2)13(11)14(18)17-15(10-16)6-8-21-9-7-15/h3-5H,6-10,16H2,1-2H3,(H,17,18). The molecule has 1 fully saturated rings. The van der Waals surface area contributed by atoms with Crippen molar-refractivity contribution in [2.45, 2.75) is 18.4 Å². The van der Waals surface area contributed by atoms with Gasteiger partial charge >= 0.3 is 0 Å². The summed E-state index contributed by atoms with van der Waals surface area (Å²) in [5.74, 6) is 0.716. The Morgan fingerprint density at radius 3 is 2.33 bits per heavy atom. The lowest BCUT2D eigenvalue weighted by molar-refractivity contribution is 0.0387. The molecule has 0 unspecified atom stereocenters. The Balaban J connectivity index is 2.27. The van der Waals surface area contributed by atoms with Crippen LogP contribution in [0.25, 0.3) is 0 Å². The SMILES string of the molecule is COc1cccc(OC)c1C(=O)NC1(CN)CCOCC1. The second-order valence-electron chi connectivity index (χ2n) is 5.09. The third-order valence-corrected chi connectivity index (χ3v) is 3.87. The van der Waals surface area contributed by atoms with Gasteiger partial charge in [-0.2, -0.15) is 0 Å². The maximum Gasteiger partial charge on any atom is 0.259 e. The highest BCUT2D eigenvalue weighted by molar-refractivity contribution is 6.00. The van der Waals surface area contributed by atoms with Gasteiger partial charge in [0.2, 0.25) is 0 Å². The molecular weight excluding hydrogens is 272 g/mol. The Morgan fingerprint density at radius 1 is 1.29 bits per heavy atom. The summed E-state index contributed by atoms with van der Waals surface area (Å²) in [6.45, 7) is 1.57. The first kappa shape index (κ1) is 15.6. The molecular formula is C15H22N2O4. The second kappa shape index (κ2) is 6.78. The Morgan fingerprint density at radius 2 is 1.86 bits per heavy atom. The van der Waals surface area contributed by atoms with Gasteiger partial charge in [-0.15, -0.1) is 0 Å². The van der Waals surface area contributed by atoms with E-state index in [1.165, 1.54) is 14.2 Å². The summed E-state index contributed by atoms with van der Waals surface area (Å²) in [5.41, 5.74) is 5.83. The average Bonchev–Trinajstić information content (AvgIpc) is 2.54. The van der Waals surface area contributed by atoms with Crippen molar-refractivity contribution in [1.82, 2.24) is 5.32 Å². The van der Waals surface area contributed by atoms with Gasteiger partial charge in [-0.25, -0.2) is 0 Å². The van der Waals surface area contributed by atoms with Crippen LogP contribution in [-0.2, 0) is 4.74 Å². The van der Waals surface area contributed by atoms with Crippen molar-refractivity contribution in [2.75, 3.05) is 34.0 Å². The number of ether oxygens (including phenoxy) is 3. The van der Waals surface area contributed by atoms with E-state index in [2.05, 4.69) is 5.32 Å². The molecule has 0 saturated carbocycles. The number of hydrogen-bond acceptors (Lipinski definition) is 5. The molecule has 1 aliphatic heterocycles. The topological polar surface area (TPSA) is 82.8 Å². The van der Waals surface area contributed by atoms with Gasteiger partial charge in [0.15, 0.2) is 0 Å². The molecule has 1 aliphatic rings. The van der Waals surface area contributed by atoms with Crippen molar-refractivity contribution < 1.29 is 19.0 Å². The second-order valence-corrected chi connectivity index (χ2v) is 5.09. The van der Waals surface area contributed by atoms with Gasteiger partial charge < -0.3 is 25.3 Å². The van der Waals surface area contributed by atoms with Gasteiger partial charge in [-0.05, 0) is 25.0 Å². The van der Waals surface area contributed by atoms with Crippen molar-refractivity contribution in [3.63, 3.8) is 0 Å². The quantitative estimate of drug-likeness (QED) is 0.844. The molecule has 3 N–H and O–H groups in total. The van der Waals surface area contributed by atoms with Gasteiger partial charge in [-0.1, -0.05) is 6.07 Å². The molecule has 2 rings (SSSR count). The van der Waals surface area contributed by atoms with Crippen LogP contribution in [0.1, 0.15) is 23.2 Å². The minimum Gasteiger partial charge on any atom is -0.496 e. The molecule has 1 saturated heterocycles. The Labute approximate surface area is 124 Å². The fourth-order valence-corrected chi connectivity index (χ4v) is 2.52. The van der Waals surface area contributed by atoms with Crippen LogP contribution in [-0.4, -0.2) is 45.4 Å². The van der Waals surface area contributed by atoms with Gasteiger partial charge in [0.25, 0.3) is 5.91 Å². The largest absolute Gasteiger partial charge is 0.496 e. The first-order chi connectivity index (χ1) is 10.2. The summed E-state index contributed by atoms with van der Waals surface area (Å²) in [6, 6.07) is 5.24. The fourth-order valence-electron chi connectivity index (χ4n) is 2.52. The van der Waals surface area contributed by atoms with E-state index in [1.54, 1.807) is 18.2 Å². The lowest BCUT2D eigenvalue weighted by Crippen LogP contribution is -2.56. The van der Waals surface area contributed by atoms with Gasteiger partial charge in [0.1, 0.15) is 17.1 Å². The van der Waals surface area contributed by atoms with Crippen LogP contribution in [0.2, 0.25) is 0 Å². The maximum absolute atomic E-state index is 12.7. The number of carbonyl (C=O) groups excluding carboxylic acids is 1. The van der Waals surface area contributed by atoms with E-state index in [0.717, 1.165) is 0 Å². The predicted octanol–water partition coefficient (Wildman–Crippen LogP) is 0.941. The van der Waals surface area contributed by atoms with E-state index in [4.69, 9.17) is 19.9 Å². The zero-order chi connectivity index (χ0) is 15.3. The number of methoxy groups -OCH3 is 2. The Bertz CT molecular complexity index is 476. The van der Waals surface area contributed by atoms with E-state index in [-0.39, 0.29) is 5.91 Å². The summed E-state index contributed by atoms with van der Waals surface area (Å²) in [4.78, 5) is 12.7. The molecule has 1 aromatic rings. The minimum absolute atomic E-state index is 0.239. The van der Waals surface area contributed by atoms with Crippen molar-refractivity contribution in [2.24, 2.45) is 5.73 Å². The molecule has 0 radical (unpaired) electrons. The lowest BCUT2D eigenvalue weighted by Gasteiger charge is -2.37. The van der Waals surface area contributed by atoms with Crippen LogP contribution >= 0.6 is 0 Å². The van der Waals surface area contributed by atoms with Gasteiger partial charge in [0, 0.05) is 19.8 Å². The van der Waals surface area contributed by atoms with Crippen molar-refractivity contribution in [1.29, 1.82) is 0 Å². The van der Waals surface area contributed by atoms with Crippen LogP contribution < -0.4 is 20.5 Å². The maximum atomic E-state index is 12.7. The molecule has 0 aliphatic carbocycles. The smallest absolute Gasteiger partial charge is 0.259 e. The monoisotopic (exact) mass is 294 g/mol. The average molecular weight is 294 g/mol. The first-order valence-electron chi connectivity index (χ1n) is 6.97. The van der Waals surface area contributed by atoms with Crippen molar-refractivity contribution in [3.05, 3.63) is 23.8 Å². The number of nitrogens with two attached hydrogens (primary N) is 1. The number of nitrogens with one attached hydrogen (secondary N) is 1. The third-order valence-electron chi connectivity index (χ3n) is 3.87. The molecule has 6 nitrogen and oxygen atoms in total. The summed E-state index contributed by atoms with van der Waals surface area (Å²) >= 11 is 0. The summed E-state index contributed by atoms with van der Waals surface area (Å²) in [7, 11) is 3.05. The zero-order valence-corrected chi connectivity index (χ0v) is 12.5. The number of hydrogen-bond donors (Lipinski definition) is 2. The fraction of sp³-hybridized carbons (Fsp3) is 0.533. The predicted molar refractivity (Wildman–Crippen MR) is 78.9 cm³/mol. The highest BCUT2D eigenvalue weighted by Gasteiger charge is 2.34. The van der Waals surface area contributed by atoms with Crippen LogP contribution in [0, 0.1) is 0 Å². The van der Waals surface area contributed by atoms with E-state index >= 15 is 0 Å². The molecule has 116 valence electrons. The zero-order valence-electron chi connectivity index (χ0n) is 12.5. The van der Waals surface area contributed by atoms with E-state index in [1.807, 2.05) is 0 Å². The number of rotatable bonds is 5. The van der Waals surface area contributed by atoms with Crippen LogP contribution in [0.4, 0.5) is 0 Å².